The largest absolute Gasteiger partial charge is 0.378 e. The average Bonchev–Trinajstić information content (AvgIpc) is 2.50. The number of halogens is 1. The maximum absolute atomic E-state index is 13.2. The number of morpholine rings is 1. The van der Waals surface area contributed by atoms with Crippen molar-refractivity contribution < 1.29 is 13.9 Å². The summed E-state index contributed by atoms with van der Waals surface area (Å²) in [5.41, 5.74) is 0.496. The van der Waals surface area contributed by atoms with E-state index in [1.165, 1.54) is 12.1 Å². The lowest BCUT2D eigenvalue weighted by molar-refractivity contribution is -0.0796. The molecule has 2 saturated heterocycles. The Kier molecular flexibility index (Phi) is 3.95. The van der Waals surface area contributed by atoms with Crippen molar-refractivity contribution in [2.75, 3.05) is 39.9 Å². The Morgan fingerprint density at radius 1 is 1.29 bits per heavy atom. The maximum Gasteiger partial charge on any atom is 0.253 e. The van der Waals surface area contributed by atoms with Crippen LogP contribution < -0.4 is 0 Å². The summed E-state index contributed by atoms with van der Waals surface area (Å²) in [4.78, 5) is 16.6. The second-order valence-electron chi connectivity index (χ2n) is 6.00. The highest BCUT2D eigenvalue weighted by atomic mass is 19.1. The fourth-order valence-electron chi connectivity index (χ4n) is 3.27. The molecule has 1 aromatic carbocycles. The van der Waals surface area contributed by atoms with Gasteiger partial charge in [-0.1, -0.05) is 6.07 Å². The van der Waals surface area contributed by atoms with Crippen molar-refractivity contribution >= 4 is 5.91 Å². The van der Waals surface area contributed by atoms with Gasteiger partial charge in [-0.15, -0.1) is 0 Å². The SMILES string of the molecule is CN1CCOCC12CCN(C(=O)c1cccc(F)c1)CC2. The van der Waals surface area contributed by atoms with Gasteiger partial charge < -0.3 is 9.64 Å². The van der Waals surface area contributed by atoms with Gasteiger partial charge in [-0.2, -0.15) is 0 Å². The van der Waals surface area contributed by atoms with Crippen molar-refractivity contribution in [2.45, 2.75) is 18.4 Å². The van der Waals surface area contributed by atoms with Crippen LogP contribution >= 0.6 is 0 Å². The lowest BCUT2D eigenvalue weighted by Crippen LogP contribution is -2.60. The molecule has 0 saturated carbocycles. The zero-order valence-electron chi connectivity index (χ0n) is 12.3. The highest BCUT2D eigenvalue weighted by Crippen LogP contribution is 2.31. The molecule has 0 bridgehead atoms. The number of likely N-dealkylation sites (tertiary alicyclic amines) is 1. The smallest absolute Gasteiger partial charge is 0.253 e. The molecule has 2 heterocycles. The summed E-state index contributed by atoms with van der Waals surface area (Å²) in [7, 11) is 2.13. The Balaban J connectivity index is 1.67. The quantitative estimate of drug-likeness (QED) is 0.791. The van der Waals surface area contributed by atoms with E-state index in [9.17, 15) is 9.18 Å². The average molecular weight is 292 g/mol. The fourth-order valence-corrected chi connectivity index (χ4v) is 3.27. The fraction of sp³-hybridized carbons (Fsp3) is 0.562. The first-order chi connectivity index (χ1) is 10.1. The van der Waals surface area contributed by atoms with Crippen LogP contribution in [0.5, 0.6) is 0 Å². The molecule has 21 heavy (non-hydrogen) atoms. The van der Waals surface area contributed by atoms with Crippen LogP contribution in [-0.4, -0.2) is 61.1 Å². The Labute approximate surface area is 124 Å². The van der Waals surface area contributed by atoms with E-state index in [0.29, 0.717) is 18.7 Å². The second kappa shape index (κ2) is 5.73. The third kappa shape index (κ3) is 2.80. The summed E-state index contributed by atoms with van der Waals surface area (Å²) in [5.74, 6) is -0.446. The number of hydrogen-bond donors (Lipinski definition) is 0. The van der Waals surface area contributed by atoms with Crippen LogP contribution in [-0.2, 0) is 4.74 Å². The van der Waals surface area contributed by atoms with Gasteiger partial charge in [0.05, 0.1) is 13.2 Å². The van der Waals surface area contributed by atoms with Gasteiger partial charge in [0, 0.05) is 30.7 Å². The van der Waals surface area contributed by atoms with Crippen molar-refractivity contribution in [1.82, 2.24) is 9.80 Å². The van der Waals surface area contributed by atoms with Gasteiger partial charge in [-0.25, -0.2) is 4.39 Å². The molecule has 2 aliphatic rings. The molecule has 1 aromatic rings. The number of rotatable bonds is 1. The molecule has 0 atom stereocenters. The van der Waals surface area contributed by atoms with Crippen LogP contribution in [0.3, 0.4) is 0 Å². The number of ether oxygens (including phenoxy) is 1. The van der Waals surface area contributed by atoms with E-state index in [1.807, 2.05) is 4.90 Å². The molecule has 0 radical (unpaired) electrons. The van der Waals surface area contributed by atoms with E-state index in [1.54, 1.807) is 12.1 Å². The molecular formula is C16H21FN2O2. The van der Waals surface area contributed by atoms with Crippen LogP contribution in [0.1, 0.15) is 23.2 Å². The zero-order valence-corrected chi connectivity index (χ0v) is 12.3. The van der Waals surface area contributed by atoms with Gasteiger partial charge in [-0.05, 0) is 38.1 Å². The molecule has 2 fully saturated rings. The third-order valence-corrected chi connectivity index (χ3v) is 4.80. The normalized spacial score (nSPS) is 22.5. The monoisotopic (exact) mass is 292 g/mol. The number of hydrogen-bond acceptors (Lipinski definition) is 3. The Bertz CT molecular complexity index is 527. The van der Waals surface area contributed by atoms with E-state index in [4.69, 9.17) is 4.74 Å². The number of piperidine rings is 1. The molecule has 3 rings (SSSR count). The van der Waals surface area contributed by atoms with E-state index < -0.39 is 0 Å². The number of likely N-dealkylation sites (N-methyl/N-ethyl adjacent to an activating group) is 1. The lowest BCUT2D eigenvalue weighted by atomic mass is 9.85. The number of benzene rings is 1. The first-order valence-corrected chi connectivity index (χ1v) is 7.45. The van der Waals surface area contributed by atoms with E-state index >= 15 is 0 Å². The molecule has 1 spiro atoms. The number of carbonyl (C=O) groups is 1. The lowest BCUT2D eigenvalue weighted by Gasteiger charge is -2.49. The van der Waals surface area contributed by atoms with Crippen LogP contribution in [0.2, 0.25) is 0 Å². The summed E-state index contributed by atoms with van der Waals surface area (Å²) in [6.45, 7) is 3.86. The first-order valence-electron chi connectivity index (χ1n) is 7.45. The first kappa shape index (κ1) is 14.5. The molecule has 0 aromatic heterocycles. The Hall–Kier alpha value is -1.46. The molecule has 0 aliphatic carbocycles. The number of nitrogens with zero attached hydrogens (tertiary/aromatic N) is 2. The summed E-state index contributed by atoms with van der Waals surface area (Å²) >= 11 is 0. The maximum atomic E-state index is 13.2. The van der Waals surface area contributed by atoms with Crippen molar-refractivity contribution in [3.05, 3.63) is 35.6 Å². The Morgan fingerprint density at radius 3 is 2.71 bits per heavy atom. The topological polar surface area (TPSA) is 32.8 Å². The molecular weight excluding hydrogens is 271 g/mol. The van der Waals surface area contributed by atoms with E-state index in [0.717, 1.165) is 32.6 Å². The molecule has 1 amide bonds. The van der Waals surface area contributed by atoms with Crippen molar-refractivity contribution in [3.63, 3.8) is 0 Å². The summed E-state index contributed by atoms with van der Waals surface area (Å²) in [5, 5.41) is 0. The minimum absolute atomic E-state index is 0.0664. The Morgan fingerprint density at radius 2 is 2.05 bits per heavy atom. The predicted octanol–water partition coefficient (Wildman–Crippen LogP) is 1.76. The summed E-state index contributed by atoms with van der Waals surface area (Å²) in [6, 6.07) is 5.92. The van der Waals surface area contributed by atoms with Gasteiger partial charge in [0.1, 0.15) is 5.82 Å². The minimum atomic E-state index is -0.366. The number of amides is 1. The molecule has 0 N–H and O–H groups in total. The van der Waals surface area contributed by atoms with Gasteiger partial charge in [0.25, 0.3) is 5.91 Å². The second-order valence-corrected chi connectivity index (χ2v) is 6.00. The highest BCUT2D eigenvalue weighted by Gasteiger charge is 2.41. The van der Waals surface area contributed by atoms with Crippen molar-refractivity contribution in [3.8, 4) is 0 Å². The predicted molar refractivity (Wildman–Crippen MR) is 77.7 cm³/mol. The summed E-state index contributed by atoms with van der Waals surface area (Å²) < 4.78 is 18.9. The van der Waals surface area contributed by atoms with E-state index in [-0.39, 0.29) is 17.3 Å². The molecule has 0 unspecified atom stereocenters. The minimum Gasteiger partial charge on any atom is -0.378 e. The van der Waals surface area contributed by atoms with E-state index in [2.05, 4.69) is 11.9 Å². The molecule has 114 valence electrons. The van der Waals surface area contributed by atoms with Crippen LogP contribution in [0.15, 0.2) is 24.3 Å². The highest BCUT2D eigenvalue weighted by molar-refractivity contribution is 5.94. The summed E-state index contributed by atoms with van der Waals surface area (Å²) in [6.07, 6.45) is 1.81. The van der Waals surface area contributed by atoms with Gasteiger partial charge >= 0.3 is 0 Å². The standard InChI is InChI=1S/C16H21FN2O2/c1-18-9-10-21-12-16(18)5-7-19(8-6-16)15(20)13-3-2-4-14(17)11-13/h2-4,11H,5-10,12H2,1H3. The van der Waals surface area contributed by atoms with Crippen molar-refractivity contribution in [1.29, 1.82) is 0 Å². The van der Waals surface area contributed by atoms with Crippen LogP contribution in [0.4, 0.5) is 4.39 Å². The van der Waals surface area contributed by atoms with Gasteiger partial charge in [-0.3, -0.25) is 9.69 Å². The van der Waals surface area contributed by atoms with Gasteiger partial charge in [0.2, 0.25) is 0 Å². The third-order valence-electron chi connectivity index (χ3n) is 4.80. The van der Waals surface area contributed by atoms with Crippen LogP contribution in [0.25, 0.3) is 0 Å². The van der Waals surface area contributed by atoms with Crippen molar-refractivity contribution in [2.24, 2.45) is 0 Å². The zero-order chi connectivity index (χ0) is 14.9. The molecule has 4 nitrogen and oxygen atoms in total. The van der Waals surface area contributed by atoms with Gasteiger partial charge in [0.15, 0.2) is 0 Å². The van der Waals surface area contributed by atoms with Crippen LogP contribution in [0, 0.1) is 5.82 Å². The number of carbonyl (C=O) groups excluding carboxylic acids is 1. The molecule has 2 aliphatic heterocycles. The molecule has 5 heteroatoms.